The van der Waals surface area contributed by atoms with E-state index in [1.807, 2.05) is 12.1 Å². The molecular weight excluding hydrogens is 376 g/mol. The first-order valence-electron chi connectivity index (χ1n) is 10.0. The summed E-state index contributed by atoms with van der Waals surface area (Å²) in [7, 11) is 2.13. The van der Waals surface area contributed by atoms with E-state index in [2.05, 4.69) is 23.0 Å². The number of hydrogen-bond donors (Lipinski definition) is 4. The molecule has 29 heavy (non-hydrogen) atoms. The molecule has 0 bridgehead atoms. The van der Waals surface area contributed by atoms with Crippen molar-refractivity contribution in [2.24, 2.45) is 0 Å². The quantitative estimate of drug-likeness (QED) is 0.553. The Morgan fingerprint density at radius 1 is 1.17 bits per heavy atom. The molecule has 158 valence electrons. The first-order valence-corrected chi connectivity index (χ1v) is 10.0. The Morgan fingerprint density at radius 2 is 2.00 bits per heavy atom. The zero-order chi connectivity index (χ0) is 20.5. The maximum absolute atomic E-state index is 10.3. The molecule has 0 aliphatic carbocycles. The van der Waals surface area contributed by atoms with E-state index >= 15 is 0 Å². The minimum absolute atomic E-state index is 0.433. The largest absolute Gasteiger partial charge is 0.460 e. The molecule has 0 saturated carbocycles. The van der Waals surface area contributed by atoms with Gasteiger partial charge < -0.3 is 34.8 Å². The number of likely N-dealkylation sites (N-methyl/N-ethyl adjacent to an activating group) is 1. The number of fused-ring (bicyclic) bond motifs is 1. The Hall–Kier alpha value is -1.81. The highest BCUT2D eigenvalue weighted by Crippen LogP contribution is 2.33. The van der Waals surface area contributed by atoms with Gasteiger partial charge in [-0.1, -0.05) is 18.2 Å². The number of aromatic nitrogens is 1. The zero-order valence-corrected chi connectivity index (χ0v) is 16.4. The van der Waals surface area contributed by atoms with Gasteiger partial charge in [-0.25, -0.2) is 0 Å². The lowest BCUT2D eigenvalue weighted by molar-refractivity contribution is -0.277. The van der Waals surface area contributed by atoms with Crippen LogP contribution in [0, 0.1) is 0 Å². The lowest BCUT2D eigenvalue weighted by atomic mass is 9.97. The number of pyridine rings is 1. The van der Waals surface area contributed by atoms with E-state index in [9.17, 15) is 20.4 Å². The van der Waals surface area contributed by atoms with Gasteiger partial charge >= 0.3 is 0 Å². The van der Waals surface area contributed by atoms with Crippen LogP contribution in [0.5, 0.6) is 5.75 Å². The molecular formula is C21H28N2O6. The molecule has 1 aromatic heterocycles. The number of aliphatic hydroxyl groups is 4. The number of ether oxygens (including phenoxy) is 2. The maximum Gasteiger partial charge on any atom is 0.229 e. The van der Waals surface area contributed by atoms with Crippen LogP contribution in [0.25, 0.3) is 10.8 Å². The van der Waals surface area contributed by atoms with Gasteiger partial charge in [-0.2, -0.15) is 0 Å². The van der Waals surface area contributed by atoms with Gasteiger partial charge in [0.25, 0.3) is 0 Å². The van der Waals surface area contributed by atoms with Crippen molar-refractivity contribution in [3.8, 4) is 5.75 Å². The highest BCUT2D eigenvalue weighted by Gasteiger charge is 2.44. The van der Waals surface area contributed by atoms with Crippen molar-refractivity contribution in [1.82, 2.24) is 9.88 Å². The lowest BCUT2D eigenvalue weighted by Crippen LogP contribution is -2.60. The van der Waals surface area contributed by atoms with E-state index in [1.54, 1.807) is 12.4 Å². The van der Waals surface area contributed by atoms with E-state index in [0.29, 0.717) is 11.8 Å². The van der Waals surface area contributed by atoms with Crippen LogP contribution in [0.15, 0.2) is 30.6 Å². The number of aliphatic hydroxyl groups excluding tert-OH is 4. The van der Waals surface area contributed by atoms with Gasteiger partial charge in [0.1, 0.15) is 30.2 Å². The fourth-order valence-corrected chi connectivity index (χ4v) is 4.32. The van der Waals surface area contributed by atoms with Gasteiger partial charge in [0.2, 0.25) is 6.29 Å². The Morgan fingerprint density at radius 3 is 2.72 bits per heavy atom. The number of nitrogens with zero attached hydrogens (tertiary/aromatic N) is 2. The molecule has 4 N–H and O–H groups in total. The first-order chi connectivity index (χ1) is 14.0. The molecule has 2 saturated heterocycles. The summed E-state index contributed by atoms with van der Waals surface area (Å²) in [6, 6.07) is 6.46. The predicted molar refractivity (Wildman–Crippen MR) is 105 cm³/mol. The van der Waals surface area contributed by atoms with Crippen LogP contribution >= 0.6 is 0 Å². The van der Waals surface area contributed by atoms with E-state index in [4.69, 9.17) is 9.47 Å². The van der Waals surface area contributed by atoms with Crippen molar-refractivity contribution < 1.29 is 29.9 Å². The van der Waals surface area contributed by atoms with Crippen molar-refractivity contribution in [3.63, 3.8) is 0 Å². The molecule has 6 atom stereocenters. The molecule has 2 fully saturated rings. The second kappa shape index (κ2) is 8.51. The summed E-state index contributed by atoms with van der Waals surface area (Å²) < 4.78 is 11.4. The summed E-state index contributed by atoms with van der Waals surface area (Å²) in [5.74, 6) is 0.433. The number of hydrogen-bond acceptors (Lipinski definition) is 8. The minimum Gasteiger partial charge on any atom is -0.460 e. The molecule has 2 aliphatic heterocycles. The molecule has 8 heteroatoms. The minimum atomic E-state index is -1.49. The number of likely N-dealkylation sites (tertiary alicyclic amines) is 1. The van der Waals surface area contributed by atoms with Crippen molar-refractivity contribution in [1.29, 1.82) is 0 Å². The summed E-state index contributed by atoms with van der Waals surface area (Å²) in [6.07, 6.45) is -0.118. The lowest BCUT2D eigenvalue weighted by Gasteiger charge is -2.39. The average Bonchev–Trinajstić information content (AvgIpc) is 3.13. The standard InChI is InChI=1S/C21H28N2O6/c1-23-7-3-6-14(23)8-12-4-2-5-13-9-22-10-15(17(12)13)28-21-20(27)19(26)18(25)16(11-24)29-21/h2,4-5,9-10,14,16,18-21,24-27H,3,6-8,11H2,1H3/t14-,16-,18-,19-,20-,21-/m1/s1. The van der Waals surface area contributed by atoms with Crippen LogP contribution in [0.1, 0.15) is 18.4 Å². The summed E-state index contributed by atoms with van der Waals surface area (Å²) in [5.41, 5.74) is 1.11. The normalized spacial score (nSPS) is 33.3. The van der Waals surface area contributed by atoms with E-state index < -0.39 is 37.3 Å². The van der Waals surface area contributed by atoms with Crippen molar-refractivity contribution in [2.75, 3.05) is 20.2 Å². The van der Waals surface area contributed by atoms with E-state index in [1.165, 1.54) is 6.42 Å². The summed E-state index contributed by atoms with van der Waals surface area (Å²) in [6.45, 7) is 0.586. The van der Waals surface area contributed by atoms with Gasteiger partial charge in [-0.15, -0.1) is 0 Å². The van der Waals surface area contributed by atoms with Crippen molar-refractivity contribution in [3.05, 3.63) is 36.2 Å². The third-order valence-electron chi connectivity index (χ3n) is 6.05. The van der Waals surface area contributed by atoms with E-state index in [-0.39, 0.29) is 0 Å². The Labute approximate surface area is 169 Å². The molecule has 4 rings (SSSR count). The molecule has 2 aromatic rings. The van der Waals surface area contributed by atoms with Gasteiger partial charge in [-0.05, 0) is 38.4 Å². The van der Waals surface area contributed by atoms with Crippen molar-refractivity contribution in [2.45, 2.75) is 56.0 Å². The van der Waals surface area contributed by atoms with Crippen LogP contribution in [-0.4, -0.2) is 87.3 Å². The topological polar surface area (TPSA) is 116 Å². The molecule has 0 unspecified atom stereocenters. The average molecular weight is 404 g/mol. The molecule has 8 nitrogen and oxygen atoms in total. The molecule has 0 amide bonds. The van der Waals surface area contributed by atoms with E-state index in [0.717, 1.165) is 35.7 Å². The van der Waals surface area contributed by atoms with Crippen LogP contribution in [0.2, 0.25) is 0 Å². The Kier molecular flexibility index (Phi) is 6.00. The van der Waals surface area contributed by atoms with Gasteiger partial charge in [0.05, 0.1) is 12.8 Å². The second-order valence-electron chi connectivity index (χ2n) is 7.95. The van der Waals surface area contributed by atoms with Gasteiger partial charge in [-0.3, -0.25) is 4.98 Å². The van der Waals surface area contributed by atoms with Crippen molar-refractivity contribution >= 4 is 10.8 Å². The molecule has 3 heterocycles. The number of benzene rings is 1. The monoisotopic (exact) mass is 404 g/mol. The summed E-state index contributed by atoms with van der Waals surface area (Å²) >= 11 is 0. The van der Waals surface area contributed by atoms with Crippen LogP contribution < -0.4 is 4.74 Å². The Balaban J connectivity index is 1.65. The highest BCUT2D eigenvalue weighted by atomic mass is 16.7. The molecule has 1 aromatic carbocycles. The zero-order valence-electron chi connectivity index (χ0n) is 16.4. The highest BCUT2D eigenvalue weighted by molar-refractivity contribution is 5.90. The fraction of sp³-hybridized carbons (Fsp3) is 0.571. The number of rotatable bonds is 5. The summed E-state index contributed by atoms with van der Waals surface area (Å²) in [4.78, 5) is 6.59. The van der Waals surface area contributed by atoms with Gasteiger partial charge in [0, 0.05) is 23.0 Å². The SMILES string of the molecule is CN1CCC[C@@H]1Cc1cccc2cncc(O[C@@H]3O[C@H](CO)[C@@H](O)[C@@H](O)[C@H]3O)c12. The summed E-state index contributed by atoms with van der Waals surface area (Å²) in [5, 5.41) is 41.5. The fourth-order valence-electron chi connectivity index (χ4n) is 4.32. The van der Waals surface area contributed by atoms with Crippen LogP contribution in [0.3, 0.4) is 0 Å². The first kappa shape index (κ1) is 20.5. The third kappa shape index (κ3) is 3.96. The Bertz CT molecular complexity index is 842. The molecule has 0 spiro atoms. The van der Waals surface area contributed by atoms with Crippen LogP contribution in [0.4, 0.5) is 0 Å². The second-order valence-corrected chi connectivity index (χ2v) is 7.95. The molecule has 0 radical (unpaired) electrons. The smallest absolute Gasteiger partial charge is 0.229 e. The maximum atomic E-state index is 10.3. The van der Waals surface area contributed by atoms with Gasteiger partial charge in [0.15, 0.2) is 0 Å². The van der Waals surface area contributed by atoms with Crippen LogP contribution in [-0.2, 0) is 11.2 Å². The molecule has 2 aliphatic rings. The predicted octanol–water partition coefficient (Wildman–Crippen LogP) is 0.0502. The third-order valence-corrected chi connectivity index (χ3v) is 6.05.